The summed E-state index contributed by atoms with van der Waals surface area (Å²) in [6.45, 7) is 1.55. The van der Waals surface area contributed by atoms with E-state index in [2.05, 4.69) is 5.10 Å². The van der Waals surface area contributed by atoms with Gasteiger partial charge in [-0.05, 0) is 31.6 Å². The van der Waals surface area contributed by atoms with Crippen molar-refractivity contribution in [2.24, 2.45) is 11.7 Å². The fraction of sp³-hybridized carbons (Fsp3) is 0.818. The smallest absolute Gasteiger partial charge is 0.328 e. The molecule has 1 atom stereocenters. The SMILES string of the molecule is N[C@@H]1CCc2nn(CC3CC3)c(=O)n2CC1. The quantitative estimate of drug-likeness (QED) is 0.773. The summed E-state index contributed by atoms with van der Waals surface area (Å²) in [5.74, 6) is 1.62. The van der Waals surface area contributed by atoms with E-state index >= 15 is 0 Å². The normalized spacial score (nSPS) is 25.2. The van der Waals surface area contributed by atoms with Crippen molar-refractivity contribution in [3.05, 3.63) is 16.3 Å². The summed E-state index contributed by atoms with van der Waals surface area (Å²) in [6, 6.07) is 0.220. The van der Waals surface area contributed by atoms with Gasteiger partial charge in [0.15, 0.2) is 0 Å². The topological polar surface area (TPSA) is 65.8 Å². The molecule has 0 radical (unpaired) electrons. The molecule has 0 spiro atoms. The second-order valence-electron chi connectivity index (χ2n) is 5.06. The molecule has 1 fully saturated rings. The Balaban J connectivity index is 1.88. The van der Waals surface area contributed by atoms with Crippen molar-refractivity contribution in [2.75, 3.05) is 0 Å². The Morgan fingerprint density at radius 2 is 2.12 bits per heavy atom. The van der Waals surface area contributed by atoms with Gasteiger partial charge in [-0.15, -0.1) is 0 Å². The van der Waals surface area contributed by atoms with Crippen molar-refractivity contribution < 1.29 is 0 Å². The van der Waals surface area contributed by atoms with E-state index in [0.29, 0.717) is 5.92 Å². The number of nitrogens with two attached hydrogens (primary N) is 1. The molecule has 0 aromatic carbocycles. The van der Waals surface area contributed by atoms with Crippen LogP contribution in [0.1, 0.15) is 31.5 Å². The molecular formula is C11H18N4O. The summed E-state index contributed by atoms with van der Waals surface area (Å²) < 4.78 is 3.47. The minimum Gasteiger partial charge on any atom is -0.328 e. The van der Waals surface area contributed by atoms with Crippen LogP contribution in [0.25, 0.3) is 0 Å². The molecule has 2 heterocycles. The maximum Gasteiger partial charge on any atom is 0.345 e. The van der Waals surface area contributed by atoms with Crippen molar-refractivity contribution in [1.29, 1.82) is 0 Å². The van der Waals surface area contributed by atoms with Crippen molar-refractivity contribution in [2.45, 2.75) is 51.2 Å². The van der Waals surface area contributed by atoms with E-state index in [9.17, 15) is 4.79 Å². The van der Waals surface area contributed by atoms with Gasteiger partial charge >= 0.3 is 5.69 Å². The number of hydrogen-bond donors (Lipinski definition) is 1. The standard InChI is InChI=1S/C11H18N4O/c12-9-3-4-10-13-15(7-8-1-2-8)11(16)14(10)6-5-9/h8-9H,1-7,12H2/t9-/m1/s1. The molecule has 5 heteroatoms. The number of nitrogens with zero attached hydrogens (tertiary/aromatic N) is 3. The minimum absolute atomic E-state index is 0.0657. The summed E-state index contributed by atoms with van der Waals surface area (Å²) in [4.78, 5) is 12.1. The zero-order chi connectivity index (χ0) is 11.1. The molecule has 0 unspecified atom stereocenters. The second kappa shape index (κ2) is 3.73. The van der Waals surface area contributed by atoms with Crippen LogP contribution in [0.2, 0.25) is 0 Å². The van der Waals surface area contributed by atoms with E-state index in [0.717, 1.165) is 38.2 Å². The van der Waals surface area contributed by atoms with E-state index in [1.165, 1.54) is 12.8 Å². The number of rotatable bonds is 2. The molecular weight excluding hydrogens is 204 g/mol. The molecule has 1 aromatic heterocycles. The highest BCUT2D eigenvalue weighted by molar-refractivity contribution is 4.93. The largest absolute Gasteiger partial charge is 0.345 e. The van der Waals surface area contributed by atoms with Gasteiger partial charge in [0.05, 0.1) is 0 Å². The van der Waals surface area contributed by atoms with E-state index in [1.807, 2.05) is 4.57 Å². The van der Waals surface area contributed by atoms with Gasteiger partial charge in [0.25, 0.3) is 0 Å². The second-order valence-corrected chi connectivity index (χ2v) is 5.06. The maximum atomic E-state index is 12.1. The first-order valence-corrected chi connectivity index (χ1v) is 6.16. The molecule has 88 valence electrons. The molecule has 0 saturated heterocycles. The van der Waals surface area contributed by atoms with E-state index in [1.54, 1.807) is 4.68 Å². The monoisotopic (exact) mass is 222 g/mol. The molecule has 0 amide bonds. The molecule has 5 nitrogen and oxygen atoms in total. The van der Waals surface area contributed by atoms with Crippen LogP contribution < -0.4 is 11.4 Å². The van der Waals surface area contributed by atoms with E-state index in [4.69, 9.17) is 5.73 Å². The van der Waals surface area contributed by atoms with Crippen molar-refractivity contribution in [3.8, 4) is 0 Å². The Morgan fingerprint density at radius 1 is 1.31 bits per heavy atom. The molecule has 0 bridgehead atoms. The number of aryl methyl sites for hydroxylation is 1. The Labute approximate surface area is 94.2 Å². The first kappa shape index (κ1) is 10.1. The van der Waals surface area contributed by atoms with Crippen LogP contribution >= 0.6 is 0 Å². The lowest BCUT2D eigenvalue weighted by atomic mass is 10.1. The first-order chi connectivity index (χ1) is 7.74. The summed E-state index contributed by atoms with van der Waals surface area (Å²) in [5.41, 5.74) is 5.97. The molecule has 2 N–H and O–H groups in total. The molecule has 2 aliphatic rings. The van der Waals surface area contributed by atoms with E-state index < -0.39 is 0 Å². The van der Waals surface area contributed by atoms with Crippen molar-refractivity contribution >= 4 is 0 Å². The van der Waals surface area contributed by atoms with Crippen LogP contribution in [0.5, 0.6) is 0 Å². The number of hydrogen-bond acceptors (Lipinski definition) is 3. The maximum absolute atomic E-state index is 12.1. The average molecular weight is 222 g/mol. The fourth-order valence-electron chi connectivity index (χ4n) is 2.31. The highest BCUT2D eigenvalue weighted by atomic mass is 16.2. The third-order valence-corrected chi connectivity index (χ3v) is 3.59. The highest BCUT2D eigenvalue weighted by Crippen LogP contribution is 2.29. The molecule has 3 rings (SSSR count). The van der Waals surface area contributed by atoms with Gasteiger partial charge in [0.1, 0.15) is 5.82 Å². The lowest BCUT2D eigenvalue weighted by Gasteiger charge is -2.04. The van der Waals surface area contributed by atoms with Crippen molar-refractivity contribution in [3.63, 3.8) is 0 Å². The van der Waals surface area contributed by atoms with Crippen LogP contribution in [0.15, 0.2) is 4.79 Å². The third kappa shape index (κ3) is 1.80. The van der Waals surface area contributed by atoms with Gasteiger partial charge in [0, 0.05) is 25.6 Å². The molecule has 1 aliphatic carbocycles. The van der Waals surface area contributed by atoms with Gasteiger partial charge in [-0.2, -0.15) is 5.10 Å². The van der Waals surface area contributed by atoms with Gasteiger partial charge in [-0.3, -0.25) is 4.57 Å². The first-order valence-electron chi connectivity index (χ1n) is 6.16. The fourth-order valence-corrected chi connectivity index (χ4v) is 2.31. The lowest BCUT2D eigenvalue weighted by molar-refractivity contribution is 0.505. The zero-order valence-corrected chi connectivity index (χ0v) is 9.43. The van der Waals surface area contributed by atoms with Gasteiger partial charge < -0.3 is 5.73 Å². The highest BCUT2D eigenvalue weighted by Gasteiger charge is 2.25. The summed E-state index contributed by atoms with van der Waals surface area (Å²) >= 11 is 0. The minimum atomic E-state index is 0.0657. The molecule has 1 aliphatic heterocycles. The zero-order valence-electron chi connectivity index (χ0n) is 9.43. The number of aromatic nitrogens is 3. The Hall–Kier alpha value is -1.10. The predicted molar refractivity (Wildman–Crippen MR) is 60.1 cm³/mol. The van der Waals surface area contributed by atoms with Crippen LogP contribution in [0.4, 0.5) is 0 Å². The number of fused-ring (bicyclic) bond motifs is 1. The van der Waals surface area contributed by atoms with Gasteiger partial charge in [-0.25, -0.2) is 9.48 Å². The summed E-state index contributed by atoms with van der Waals surface area (Å²) in [7, 11) is 0. The van der Waals surface area contributed by atoms with Crippen LogP contribution in [-0.2, 0) is 19.5 Å². The summed E-state index contributed by atoms with van der Waals surface area (Å²) in [5, 5.41) is 4.44. The lowest BCUT2D eigenvalue weighted by Crippen LogP contribution is -2.27. The van der Waals surface area contributed by atoms with E-state index in [-0.39, 0.29) is 11.7 Å². The van der Waals surface area contributed by atoms with Crippen LogP contribution in [0, 0.1) is 5.92 Å². The Bertz CT molecular complexity index is 443. The third-order valence-electron chi connectivity index (χ3n) is 3.59. The Kier molecular flexibility index (Phi) is 2.35. The van der Waals surface area contributed by atoms with Gasteiger partial charge in [-0.1, -0.05) is 0 Å². The molecule has 1 aromatic rings. The van der Waals surface area contributed by atoms with Crippen LogP contribution in [0.3, 0.4) is 0 Å². The predicted octanol–water partition coefficient (Wildman–Crippen LogP) is 0.118. The molecule has 1 saturated carbocycles. The molecule has 16 heavy (non-hydrogen) atoms. The average Bonchev–Trinajstić information content (AvgIpc) is 3.03. The van der Waals surface area contributed by atoms with Crippen molar-refractivity contribution in [1.82, 2.24) is 14.3 Å². The van der Waals surface area contributed by atoms with Gasteiger partial charge in [0.2, 0.25) is 0 Å². The Morgan fingerprint density at radius 3 is 2.88 bits per heavy atom. The van der Waals surface area contributed by atoms with Crippen LogP contribution in [-0.4, -0.2) is 20.4 Å². The summed E-state index contributed by atoms with van der Waals surface area (Å²) in [6.07, 6.45) is 5.18.